The molecule has 2 heteroatoms. The van der Waals surface area contributed by atoms with Gasteiger partial charge >= 0.3 is 0 Å². The van der Waals surface area contributed by atoms with Gasteiger partial charge in [0.15, 0.2) is 0 Å². The highest BCUT2D eigenvalue weighted by atomic mass is 16.5. The van der Waals surface area contributed by atoms with Crippen LogP contribution >= 0.6 is 0 Å². The highest BCUT2D eigenvalue weighted by Gasteiger charge is 2.42. The lowest BCUT2D eigenvalue weighted by molar-refractivity contribution is -0.0450. The molecule has 0 aromatic carbocycles. The van der Waals surface area contributed by atoms with Crippen LogP contribution in [0.5, 0.6) is 0 Å². The van der Waals surface area contributed by atoms with Gasteiger partial charge in [0, 0.05) is 6.04 Å². The first-order chi connectivity index (χ1) is 9.30. The van der Waals surface area contributed by atoms with Crippen molar-refractivity contribution in [3.63, 3.8) is 0 Å². The average molecular weight is 265 g/mol. The normalized spacial score (nSPS) is 38.7. The zero-order valence-corrected chi connectivity index (χ0v) is 12.6. The van der Waals surface area contributed by atoms with Crippen LogP contribution in [0.2, 0.25) is 0 Å². The molecule has 2 aliphatic carbocycles. The zero-order valence-electron chi connectivity index (χ0n) is 12.6. The predicted octanol–water partition coefficient (Wildman–Crippen LogP) is 4.04. The lowest BCUT2D eigenvalue weighted by atomic mass is 9.90. The van der Waals surface area contributed by atoms with E-state index in [0.717, 1.165) is 12.0 Å². The highest BCUT2D eigenvalue weighted by molar-refractivity contribution is 4.93. The van der Waals surface area contributed by atoms with Crippen molar-refractivity contribution in [2.75, 3.05) is 7.05 Å². The molecule has 2 nitrogen and oxygen atoms in total. The number of rotatable bonds is 3. The molecule has 1 N–H and O–H groups in total. The van der Waals surface area contributed by atoms with Gasteiger partial charge in [0.2, 0.25) is 0 Å². The van der Waals surface area contributed by atoms with Crippen molar-refractivity contribution in [2.45, 2.75) is 94.8 Å². The Balaban J connectivity index is 1.50. The molecule has 1 spiro atoms. The van der Waals surface area contributed by atoms with Crippen LogP contribution in [0.15, 0.2) is 0 Å². The standard InChI is InChI=1S/C17H31NO/c1-18-15-7-3-2-6-14(12-15)13-16-8-11-17(19-16)9-4-5-10-17/h14-16,18H,2-13H2,1H3. The van der Waals surface area contributed by atoms with Crippen molar-refractivity contribution in [2.24, 2.45) is 5.92 Å². The first-order valence-electron chi connectivity index (χ1n) is 8.65. The average Bonchev–Trinajstić information content (AvgIpc) is 2.96. The smallest absolute Gasteiger partial charge is 0.0687 e. The summed E-state index contributed by atoms with van der Waals surface area (Å²) < 4.78 is 6.50. The molecule has 1 heterocycles. The van der Waals surface area contributed by atoms with Gasteiger partial charge in [0.1, 0.15) is 0 Å². The Morgan fingerprint density at radius 3 is 2.58 bits per heavy atom. The molecule has 19 heavy (non-hydrogen) atoms. The van der Waals surface area contributed by atoms with Crippen LogP contribution in [0.1, 0.15) is 77.0 Å². The second-order valence-corrected chi connectivity index (χ2v) is 7.28. The molecule has 3 fully saturated rings. The summed E-state index contributed by atoms with van der Waals surface area (Å²) in [7, 11) is 2.13. The first-order valence-corrected chi connectivity index (χ1v) is 8.65. The second kappa shape index (κ2) is 6.13. The molecule has 1 saturated heterocycles. The van der Waals surface area contributed by atoms with E-state index in [2.05, 4.69) is 12.4 Å². The molecule has 0 aromatic heterocycles. The maximum Gasteiger partial charge on any atom is 0.0687 e. The molecule has 3 unspecified atom stereocenters. The molecule has 3 aliphatic rings. The van der Waals surface area contributed by atoms with E-state index < -0.39 is 0 Å². The third-order valence-corrected chi connectivity index (χ3v) is 5.89. The Bertz CT molecular complexity index is 285. The number of ether oxygens (including phenoxy) is 1. The predicted molar refractivity (Wildman–Crippen MR) is 79.3 cm³/mol. The monoisotopic (exact) mass is 265 g/mol. The Labute approximate surface area is 118 Å². The SMILES string of the molecule is CNC1CCCCC(CC2CCC3(CCCC3)O2)C1. The Kier molecular flexibility index (Phi) is 4.48. The quantitative estimate of drug-likeness (QED) is 0.778. The fourth-order valence-corrected chi connectivity index (χ4v) is 4.76. The number of hydrogen-bond acceptors (Lipinski definition) is 2. The molecule has 2 saturated carbocycles. The minimum atomic E-state index is 0.331. The first kappa shape index (κ1) is 13.9. The third-order valence-electron chi connectivity index (χ3n) is 5.89. The minimum Gasteiger partial charge on any atom is -0.372 e. The van der Waals surface area contributed by atoms with E-state index in [9.17, 15) is 0 Å². The molecule has 110 valence electrons. The van der Waals surface area contributed by atoms with Gasteiger partial charge in [-0.1, -0.05) is 32.1 Å². The van der Waals surface area contributed by atoms with Crippen molar-refractivity contribution in [3.05, 3.63) is 0 Å². The fraction of sp³-hybridized carbons (Fsp3) is 1.00. The molecular formula is C17H31NO. The van der Waals surface area contributed by atoms with Gasteiger partial charge in [-0.25, -0.2) is 0 Å². The summed E-state index contributed by atoms with van der Waals surface area (Å²) in [6, 6.07) is 0.759. The second-order valence-electron chi connectivity index (χ2n) is 7.28. The molecule has 0 amide bonds. The van der Waals surface area contributed by atoms with E-state index in [-0.39, 0.29) is 0 Å². The summed E-state index contributed by atoms with van der Waals surface area (Å²) in [6.45, 7) is 0. The Morgan fingerprint density at radius 1 is 1.00 bits per heavy atom. The largest absolute Gasteiger partial charge is 0.372 e. The summed E-state index contributed by atoms with van der Waals surface area (Å²) in [4.78, 5) is 0. The topological polar surface area (TPSA) is 21.3 Å². The molecule has 3 atom stereocenters. The molecule has 0 aromatic rings. The molecule has 0 bridgehead atoms. The van der Waals surface area contributed by atoms with Gasteiger partial charge in [-0.15, -0.1) is 0 Å². The van der Waals surface area contributed by atoms with Crippen molar-refractivity contribution < 1.29 is 4.74 Å². The van der Waals surface area contributed by atoms with Crippen molar-refractivity contribution in [1.29, 1.82) is 0 Å². The molecule has 0 radical (unpaired) electrons. The van der Waals surface area contributed by atoms with Gasteiger partial charge in [-0.05, 0) is 57.9 Å². The van der Waals surface area contributed by atoms with Crippen molar-refractivity contribution in [3.8, 4) is 0 Å². The third kappa shape index (κ3) is 3.33. The highest BCUT2D eigenvalue weighted by Crippen LogP contribution is 2.45. The Hall–Kier alpha value is -0.0800. The van der Waals surface area contributed by atoms with E-state index >= 15 is 0 Å². The molecule has 1 aliphatic heterocycles. The van der Waals surface area contributed by atoms with Gasteiger partial charge in [-0.3, -0.25) is 0 Å². The van der Waals surface area contributed by atoms with Crippen LogP contribution in [-0.4, -0.2) is 24.8 Å². The van der Waals surface area contributed by atoms with Crippen LogP contribution in [-0.2, 0) is 4.74 Å². The van der Waals surface area contributed by atoms with Gasteiger partial charge in [0.05, 0.1) is 11.7 Å². The van der Waals surface area contributed by atoms with Crippen LogP contribution in [0.25, 0.3) is 0 Å². The number of hydrogen-bond donors (Lipinski definition) is 1. The number of nitrogens with one attached hydrogen (secondary N) is 1. The summed E-state index contributed by atoms with van der Waals surface area (Å²) in [5.74, 6) is 0.904. The van der Waals surface area contributed by atoms with Gasteiger partial charge in [-0.2, -0.15) is 0 Å². The van der Waals surface area contributed by atoms with E-state index in [1.165, 1.54) is 77.0 Å². The van der Waals surface area contributed by atoms with Gasteiger partial charge < -0.3 is 10.1 Å². The summed E-state index contributed by atoms with van der Waals surface area (Å²) in [5.41, 5.74) is 0.331. The molecular weight excluding hydrogens is 234 g/mol. The zero-order chi connectivity index (χ0) is 13.1. The maximum absolute atomic E-state index is 6.50. The van der Waals surface area contributed by atoms with Crippen molar-refractivity contribution in [1.82, 2.24) is 5.32 Å². The lowest BCUT2D eigenvalue weighted by Gasteiger charge is -2.26. The lowest BCUT2D eigenvalue weighted by Crippen LogP contribution is -2.29. The molecule has 3 rings (SSSR count). The maximum atomic E-state index is 6.50. The van der Waals surface area contributed by atoms with Gasteiger partial charge in [0.25, 0.3) is 0 Å². The summed E-state index contributed by atoms with van der Waals surface area (Å²) >= 11 is 0. The Morgan fingerprint density at radius 2 is 1.79 bits per heavy atom. The van der Waals surface area contributed by atoms with E-state index in [0.29, 0.717) is 11.7 Å². The van der Waals surface area contributed by atoms with E-state index in [1.54, 1.807) is 0 Å². The summed E-state index contributed by atoms with van der Waals surface area (Å²) in [5, 5.41) is 3.51. The fourth-order valence-electron chi connectivity index (χ4n) is 4.76. The van der Waals surface area contributed by atoms with E-state index in [4.69, 9.17) is 4.74 Å². The van der Waals surface area contributed by atoms with Crippen LogP contribution in [0, 0.1) is 5.92 Å². The van der Waals surface area contributed by atoms with E-state index in [1.807, 2.05) is 0 Å². The van der Waals surface area contributed by atoms with Crippen LogP contribution in [0.4, 0.5) is 0 Å². The van der Waals surface area contributed by atoms with Crippen LogP contribution < -0.4 is 5.32 Å². The van der Waals surface area contributed by atoms with Crippen LogP contribution in [0.3, 0.4) is 0 Å². The van der Waals surface area contributed by atoms with Crippen molar-refractivity contribution >= 4 is 0 Å². The minimum absolute atomic E-state index is 0.331. The summed E-state index contributed by atoms with van der Waals surface area (Å²) in [6.07, 6.45) is 17.1.